The van der Waals surface area contributed by atoms with E-state index in [-0.39, 0.29) is 6.03 Å². The number of ether oxygens (including phenoxy) is 1. The van der Waals surface area contributed by atoms with E-state index in [1.165, 1.54) is 0 Å². The highest BCUT2D eigenvalue weighted by molar-refractivity contribution is 5.72. The molecule has 0 aliphatic carbocycles. The average Bonchev–Trinajstić information content (AvgIpc) is 2.29. The number of nitrogens with two attached hydrogens (primary N) is 1. The van der Waals surface area contributed by atoms with Crippen LogP contribution in [-0.4, -0.2) is 48.8 Å². The molecule has 2 amide bonds. The number of urea groups is 1. The van der Waals surface area contributed by atoms with Crippen molar-refractivity contribution in [2.75, 3.05) is 19.7 Å². The first-order valence-corrected chi connectivity index (χ1v) is 6.57. The summed E-state index contributed by atoms with van der Waals surface area (Å²) in [5, 5.41) is 3.69. The molecule has 3 N–H and O–H groups in total. The summed E-state index contributed by atoms with van der Waals surface area (Å²) < 4.78 is 5.54. The van der Waals surface area contributed by atoms with Gasteiger partial charge >= 0.3 is 6.03 Å². The van der Waals surface area contributed by atoms with Gasteiger partial charge in [0.1, 0.15) is 0 Å². The first-order chi connectivity index (χ1) is 8.15. The van der Waals surface area contributed by atoms with Crippen molar-refractivity contribution in [3.05, 3.63) is 0 Å². The van der Waals surface area contributed by atoms with E-state index in [1.807, 2.05) is 0 Å². The molecule has 5 heteroatoms. The molecule has 2 aliphatic heterocycles. The molecule has 2 unspecified atom stereocenters. The van der Waals surface area contributed by atoms with Crippen LogP contribution in [0.5, 0.6) is 0 Å². The molecule has 0 bridgehead atoms. The molecular weight excluding hydrogens is 218 g/mol. The number of carbonyl (C=O) groups is 1. The van der Waals surface area contributed by atoms with Gasteiger partial charge in [-0.15, -0.1) is 0 Å². The second-order valence-electron chi connectivity index (χ2n) is 5.17. The standard InChI is InChI=1S/C12H23N3O2/c1-9-8-11(4-7-17-9)14-10-2-5-15(6-3-10)12(13)16/h9-11,14H,2-8H2,1H3,(H2,13,16). The monoisotopic (exact) mass is 241 g/mol. The van der Waals surface area contributed by atoms with Gasteiger partial charge in [0.25, 0.3) is 0 Å². The summed E-state index contributed by atoms with van der Waals surface area (Å²) in [6, 6.07) is 0.813. The SMILES string of the molecule is CC1CC(NC2CCN(C(N)=O)CC2)CCO1. The summed E-state index contributed by atoms with van der Waals surface area (Å²) in [4.78, 5) is 12.7. The fourth-order valence-electron chi connectivity index (χ4n) is 2.75. The molecule has 0 radical (unpaired) electrons. The summed E-state index contributed by atoms with van der Waals surface area (Å²) in [5.74, 6) is 0. The molecular formula is C12H23N3O2. The molecule has 17 heavy (non-hydrogen) atoms. The molecule has 2 fully saturated rings. The maximum atomic E-state index is 11.0. The zero-order valence-electron chi connectivity index (χ0n) is 10.5. The Kier molecular flexibility index (Phi) is 4.23. The van der Waals surface area contributed by atoms with Crippen LogP contribution >= 0.6 is 0 Å². The number of piperidine rings is 1. The molecule has 0 aromatic heterocycles. The van der Waals surface area contributed by atoms with Gasteiger partial charge in [0.15, 0.2) is 0 Å². The van der Waals surface area contributed by atoms with Crippen LogP contribution in [0.4, 0.5) is 4.79 Å². The van der Waals surface area contributed by atoms with E-state index in [9.17, 15) is 4.79 Å². The predicted octanol–water partition coefficient (Wildman–Crippen LogP) is 0.687. The van der Waals surface area contributed by atoms with Gasteiger partial charge < -0.3 is 20.7 Å². The van der Waals surface area contributed by atoms with Crippen LogP contribution < -0.4 is 11.1 Å². The second-order valence-corrected chi connectivity index (χ2v) is 5.17. The Hall–Kier alpha value is -0.810. The lowest BCUT2D eigenvalue weighted by Gasteiger charge is -2.36. The fourth-order valence-corrected chi connectivity index (χ4v) is 2.75. The van der Waals surface area contributed by atoms with Gasteiger partial charge in [-0.25, -0.2) is 4.79 Å². The van der Waals surface area contributed by atoms with Crippen molar-refractivity contribution >= 4 is 6.03 Å². The van der Waals surface area contributed by atoms with E-state index in [0.29, 0.717) is 18.2 Å². The van der Waals surface area contributed by atoms with Gasteiger partial charge in [-0.05, 0) is 32.6 Å². The van der Waals surface area contributed by atoms with Crippen molar-refractivity contribution in [2.24, 2.45) is 5.73 Å². The lowest BCUT2D eigenvalue weighted by Crippen LogP contribution is -2.50. The van der Waals surface area contributed by atoms with Crippen molar-refractivity contribution in [1.29, 1.82) is 0 Å². The molecule has 2 rings (SSSR count). The highest BCUT2D eigenvalue weighted by atomic mass is 16.5. The van der Waals surface area contributed by atoms with Crippen LogP contribution in [0.3, 0.4) is 0 Å². The second kappa shape index (κ2) is 5.69. The zero-order chi connectivity index (χ0) is 12.3. The van der Waals surface area contributed by atoms with Crippen molar-refractivity contribution < 1.29 is 9.53 Å². The molecule has 0 spiro atoms. The maximum Gasteiger partial charge on any atom is 0.314 e. The minimum Gasteiger partial charge on any atom is -0.378 e. The summed E-state index contributed by atoms with van der Waals surface area (Å²) in [7, 11) is 0. The highest BCUT2D eigenvalue weighted by Gasteiger charge is 2.25. The molecule has 5 nitrogen and oxygen atoms in total. The minimum atomic E-state index is -0.289. The number of amides is 2. The quantitative estimate of drug-likeness (QED) is 0.747. The Morgan fingerprint density at radius 2 is 2.00 bits per heavy atom. The van der Waals surface area contributed by atoms with E-state index in [0.717, 1.165) is 45.4 Å². The number of carbonyl (C=O) groups excluding carboxylic acids is 1. The maximum absolute atomic E-state index is 11.0. The molecule has 0 saturated carbocycles. The number of hydrogen-bond acceptors (Lipinski definition) is 3. The number of likely N-dealkylation sites (tertiary alicyclic amines) is 1. The van der Waals surface area contributed by atoms with Crippen molar-refractivity contribution in [3.63, 3.8) is 0 Å². The van der Waals surface area contributed by atoms with Gasteiger partial charge in [-0.3, -0.25) is 0 Å². The molecule has 2 saturated heterocycles. The van der Waals surface area contributed by atoms with E-state index in [4.69, 9.17) is 10.5 Å². The Balaban J connectivity index is 1.72. The minimum absolute atomic E-state index is 0.289. The van der Waals surface area contributed by atoms with Crippen LogP contribution in [0, 0.1) is 0 Å². The molecule has 2 atom stereocenters. The third-order valence-electron chi connectivity index (χ3n) is 3.76. The van der Waals surface area contributed by atoms with E-state index in [1.54, 1.807) is 4.90 Å². The van der Waals surface area contributed by atoms with Crippen LogP contribution in [0.2, 0.25) is 0 Å². The van der Waals surface area contributed by atoms with Crippen molar-refractivity contribution in [1.82, 2.24) is 10.2 Å². The molecule has 0 aromatic carbocycles. The van der Waals surface area contributed by atoms with E-state index in [2.05, 4.69) is 12.2 Å². The Bertz CT molecular complexity index is 264. The number of hydrogen-bond donors (Lipinski definition) is 2. The third-order valence-corrected chi connectivity index (χ3v) is 3.76. The lowest BCUT2D eigenvalue weighted by molar-refractivity contribution is 0.00987. The number of rotatable bonds is 2. The Morgan fingerprint density at radius 3 is 2.59 bits per heavy atom. The summed E-state index contributed by atoms with van der Waals surface area (Å²) >= 11 is 0. The van der Waals surface area contributed by atoms with Crippen LogP contribution in [0.1, 0.15) is 32.6 Å². The predicted molar refractivity (Wildman–Crippen MR) is 65.8 cm³/mol. The van der Waals surface area contributed by atoms with Gasteiger partial charge in [0.2, 0.25) is 0 Å². The lowest BCUT2D eigenvalue weighted by atomic mass is 9.99. The number of nitrogens with one attached hydrogen (secondary N) is 1. The largest absolute Gasteiger partial charge is 0.378 e. The topological polar surface area (TPSA) is 67.6 Å². The highest BCUT2D eigenvalue weighted by Crippen LogP contribution is 2.17. The van der Waals surface area contributed by atoms with Crippen molar-refractivity contribution in [3.8, 4) is 0 Å². The Morgan fingerprint density at radius 1 is 1.29 bits per heavy atom. The van der Waals surface area contributed by atoms with Gasteiger partial charge in [-0.2, -0.15) is 0 Å². The third kappa shape index (κ3) is 3.57. The first-order valence-electron chi connectivity index (χ1n) is 6.57. The summed E-state index contributed by atoms with van der Waals surface area (Å²) in [6.45, 7) is 4.56. The average molecular weight is 241 g/mol. The number of nitrogens with zero attached hydrogens (tertiary/aromatic N) is 1. The summed E-state index contributed by atoms with van der Waals surface area (Å²) in [6.07, 6.45) is 4.58. The zero-order valence-corrected chi connectivity index (χ0v) is 10.5. The van der Waals surface area contributed by atoms with Crippen LogP contribution in [-0.2, 0) is 4.74 Å². The van der Waals surface area contributed by atoms with Crippen LogP contribution in [0.25, 0.3) is 0 Å². The van der Waals surface area contributed by atoms with Gasteiger partial charge in [-0.1, -0.05) is 0 Å². The fraction of sp³-hybridized carbons (Fsp3) is 0.917. The van der Waals surface area contributed by atoms with E-state index < -0.39 is 0 Å². The van der Waals surface area contributed by atoms with Gasteiger partial charge in [0.05, 0.1) is 6.10 Å². The first kappa shape index (κ1) is 12.6. The Labute approximate surface area is 103 Å². The molecule has 98 valence electrons. The van der Waals surface area contributed by atoms with Crippen molar-refractivity contribution in [2.45, 2.75) is 50.8 Å². The normalized spacial score (nSPS) is 31.5. The smallest absolute Gasteiger partial charge is 0.314 e. The molecule has 2 aliphatic rings. The number of primary amides is 1. The van der Waals surface area contributed by atoms with Gasteiger partial charge in [0, 0.05) is 31.8 Å². The summed E-state index contributed by atoms with van der Waals surface area (Å²) in [5.41, 5.74) is 5.27. The molecule has 0 aromatic rings. The molecule has 2 heterocycles. The van der Waals surface area contributed by atoms with Crippen LogP contribution in [0.15, 0.2) is 0 Å². The van der Waals surface area contributed by atoms with E-state index >= 15 is 0 Å².